The third-order valence-electron chi connectivity index (χ3n) is 1.87. The first-order valence-corrected chi connectivity index (χ1v) is 5.57. The fraction of sp³-hybridized carbons (Fsp3) is 0.222. The number of hydrogen-bond acceptors (Lipinski definition) is 3. The van der Waals surface area contributed by atoms with Crippen molar-refractivity contribution in [1.29, 1.82) is 0 Å². The average molecular weight is 257 g/mol. The Balaban J connectivity index is 2.75. The lowest BCUT2D eigenvalue weighted by molar-refractivity contribution is 1.05. The second-order valence-corrected chi connectivity index (χ2v) is 4.91. The molecule has 2 rings (SSSR count). The van der Waals surface area contributed by atoms with E-state index < -0.39 is 0 Å². The molecule has 2 aromatic rings. The van der Waals surface area contributed by atoms with E-state index in [0.29, 0.717) is 6.54 Å². The lowest BCUT2D eigenvalue weighted by atomic mass is 10.2. The molecule has 1 aromatic heterocycles. The molecular weight excluding hydrogens is 248 g/mol. The number of nitrogens with zero attached hydrogens (tertiary/aromatic N) is 1. The summed E-state index contributed by atoms with van der Waals surface area (Å²) in [7, 11) is 0. The average Bonchev–Trinajstić information content (AvgIpc) is 2.47. The quantitative estimate of drug-likeness (QED) is 0.853. The molecule has 0 radical (unpaired) electrons. The van der Waals surface area contributed by atoms with Crippen LogP contribution in [0, 0.1) is 6.92 Å². The summed E-state index contributed by atoms with van der Waals surface area (Å²) < 4.78 is 2.30. The fourth-order valence-electron chi connectivity index (χ4n) is 1.29. The molecule has 0 fully saturated rings. The van der Waals surface area contributed by atoms with Gasteiger partial charge in [-0.1, -0.05) is 15.9 Å². The number of thiazole rings is 1. The van der Waals surface area contributed by atoms with Crippen LogP contribution in [0.2, 0.25) is 0 Å². The highest BCUT2D eigenvalue weighted by Crippen LogP contribution is 2.28. The molecule has 0 atom stereocenters. The van der Waals surface area contributed by atoms with Gasteiger partial charge in [-0.3, -0.25) is 0 Å². The van der Waals surface area contributed by atoms with Gasteiger partial charge in [0.05, 0.1) is 10.2 Å². The van der Waals surface area contributed by atoms with Crippen LogP contribution in [0.4, 0.5) is 0 Å². The Morgan fingerprint density at radius 2 is 2.31 bits per heavy atom. The summed E-state index contributed by atoms with van der Waals surface area (Å²) in [6.45, 7) is 2.59. The maximum Gasteiger partial charge on any atom is 0.107 e. The van der Waals surface area contributed by atoms with Crippen molar-refractivity contribution in [3.8, 4) is 0 Å². The van der Waals surface area contributed by atoms with E-state index >= 15 is 0 Å². The van der Waals surface area contributed by atoms with Gasteiger partial charge in [-0.15, -0.1) is 11.3 Å². The zero-order chi connectivity index (χ0) is 9.42. The Morgan fingerprint density at radius 1 is 1.54 bits per heavy atom. The SMILES string of the molecule is Cc1cc(Br)cc2sc(CN)nc12. The van der Waals surface area contributed by atoms with Gasteiger partial charge in [-0.2, -0.15) is 0 Å². The van der Waals surface area contributed by atoms with Crippen LogP contribution < -0.4 is 5.73 Å². The molecule has 13 heavy (non-hydrogen) atoms. The Kier molecular flexibility index (Phi) is 2.36. The van der Waals surface area contributed by atoms with E-state index in [9.17, 15) is 0 Å². The molecule has 0 aliphatic rings. The number of hydrogen-bond donors (Lipinski definition) is 1. The number of aromatic nitrogens is 1. The number of aryl methyl sites for hydroxylation is 1. The second-order valence-electron chi connectivity index (χ2n) is 2.88. The summed E-state index contributed by atoms with van der Waals surface area (Å²) in [5, 5.41) is 0.996. The molecular formula is C9H9BrN2S. The Hall–Kier alpha value is -0.450. The summed E-state index contributed by atoms with van der Waals surface area (Å²) in [6, 6.07) is 4.15. The maximum absolute atomic E-state index is 5.54. The molecule has 0 saturated heterocycles. The number of rotatable bonds is 1. The van der Waals surface area contributed by atoms with Gasteiger partial charge in [-0.05, 0) is 24.6 Å². The highest BCUT2D eigenvalue weighted by atomic mass is 79.9. The predicted octanol–water partition coefficient (Wildman–Crippen LogP) is 2.83. The molecule has 1 aromatic carbocycles. The highest BCUT2D eigenvalue weighted by Gasteiger charge is 2.05. The topological polar surface area (TPSA) is 38.9 Å². The summed E-state index contributed by atoms with van der Waals surface area (Å²) in [5.74, 6) is 0. The minimum Gasteiger partial charge on any atom is -0.325 e. The minimum absolute atomic E-state index is 0.524. The third-order valence-corrected chi connectivity index (χ3v) is 3.35. The summed E-state index contributed by atoms with van der Waals surface area (Å²) in [6.07, 6.45) is 0. The van der Waals surface area contributed by atoms with E-state index in [0.717, 1.165) is 15.0 Å². The molecule has 0 bridgehead atoms. The summed E-state index contributed by atoms with van der Waals surface area (Å²) >= 11 is 5.12. The van der Waals surface area contributed by atoms with Crippen LogP contribution in [0.25, 0.3) is 10.2 Å². The van der Waals surface area contributed by atoms with Gasteiger partial charge in [-0.25, -0.2) is 4.98 Å². The van der Waals surface area contributed by atoms with Gasteiger partial charge >= 0.3 is 0 Å². The molecule has 0 aliphatic carbocycles. The molecule has 0 spiro atoms. The van der Waals surface area contributed by atoms with Gasteiger partial charge in [0.2, 0.25) is 0 Å². The van der Waals surface area contributed by atoms with Gasteiger partial charge < -0.3 is 5.73 Å². The molecule has 4 heteroatoms. The Morgan fingerprint density at radius 3 is 3.00 bits per heavy atom. The molecule has 1 heterocycles. The maximum atomic E-state index is 5.54. The van der Waals surface area contributed by atoms with Crippen molar-refractivity contribution in [1.82, 2.24) is 4.98 Å². The monoisotopic (exact) mass is 256 g/mol. The van der Waals surface area contributed by atoms with Gasteiger partial charge in [0.1, 0.15) is 5.01 Å². The van der Waals surface area contributed by atoms with Crippen LogP contribution in [0.1, 0.15) is 10.6 Å². The van der Waals surface area contributed by atoms with Crippen molar-refractivity contribution >= 4 is 37.5 Å². The molecule has 0 amide bonds. The first kappa shape index (κ1) is 9.12. The molecule has 2 N–H and O–H groups in total. The van der Waals surface area contributed by atoms with Gasteiger partial charge in [0, 0.05) is 11.0 Å². The predicted molar refractivity (Wildman–Crippen MR) is 59.9 cm³/mol. The minimum atomic E-state index is 0.524. The van der Waals surface area contributed by atoms with Crippen LogP contribution in [0.3, 0.4) is 0 Å². The fourth-order valence-corrected chi connectivity index (χ4v) is 2.97. The lowest BCUT2D eigenvalue weighted by Crippen LogP contribution is -1.94. The lowest BCUT2D eigenvalue weighted by Gasteiger charge is -1.94. The third kappa shape index (κ3) is 1.61. The molecule has 2 nitrogen and oxygen atoms in total. The van der Waals surface area contributed by atoms with E-state index in [1.807, 2.05) is 0 Å². The van der Waals surface area contributed by atoms with Crippen LogP contribution in [0.15, 0.2) is 16.6 Å². The van der Waals surface area contributed by atoms with E-state index in [2.05, 4.69) is 40.0 Å². The van der Waals surface area contributed by atoms with Crippen molar-refractivity contribution in [2.24, 2.45) is 5.73 Å². The number of nitrogens with two attached hydrogens (primary N) is 1. The summed E-state index contributed by atoms with van der Waals surface area (Å²) in [5.41, 5.74) is 7.81. The number of benzene rings is 1. The first-order valence-electron chi connectivity index (χ1n) is 3.96. The van der Waals surface area contributed by atoms with E-state index in [-0.39, 0.29) is 0 Å². The van der Waals surface area contributed by atoms with Crippen LogP contribution in [-0.2, 0) is 6.54 Å². The second kappa shape index (κ2) is 3.36. The van der Waals surface area contributed by atoms with Crippen LogP contribution >= 0.6 is 27.3 Å². The van der Waals surface area contributed by atoms with E-state index in [1.54, 1.807) is 11.3 Å². The zero-order valence-corrected chi connectivity index (χ0v) is 9.58. The molecule has 68 valence electrons. The zero-order valence-electron chi connectivity index (χ0n) is 7.17. The number of halogens is 1. The van der Waals surface area contributed by atoms with Crippen molar-refractivity contribution in [2.75, 3.05) is 0 Å². The smallest absolute Gasteiger partial charge is 0.107 e. The van der Waals surface area contributed by atoms with Gasteiger partial charge in [0.15, 0.2) is 0 Å². The van der Waals surface area contributed by atoms with Crippen LogP contribution in [0.5, 0.6) is 0 Å². The standard InChI is InChI=1S/C9H9BrN2S/c1-5-2-6(10)3-7-9(5)12-8(4-11)13-7/h2-3H,4,11H2,1H3. The highest BCUT2D eigenvalue weighted by molar-refractivity contribution is 9.10. The summed E-state index contributed by atoms with van der Waals surface area (Å²) in [4.78, 5) is 4.44. The van der Waals surface area contributed by atoms with Gasteiger partial charge in [0.25, 0.3) is 0 Å². The normalized spacial score (nSPS) is 11.0. The first-order chi connectivity index (χ1) is 6.20. The molecule has 0 unspecified atom stereocenters. The Bertz CT molecular complexity index is 450. The van der Waals surface area contributed by atoms with E-state index in [1.165, 1.54) is 10.3 Å². The van der Waals surface area contributed by atoms with Crippen LogP contribution in [-0.4, -0.2) is 4.98 Å². The Labute approximate surface area is 88.9 Å². The molecule has 0 aliphatic heterocycles. The van der Waals surface area contributed by atoms with Crippen molar-refractivity contribution in [2.45, 2.75) is 13.5 Å². The van der Waals surface area contributed by atoms with Crippen molar-refractivity contribution in [3.05, 3.63) is 27.2 Å². The van der Waals surface area contributed by atoms with Crippen molar-refractivity contribution < 1.29 is 0 Å². The molecule has 0 saturated carbocycles. The van der Waals surface area contributed by atoms with E-state index in [4.69, 9.17) is 5.73 Å². The largest absolute Gasteiger partial charge is 0.325 e. The van der Waals surface area contributed by atoms with Crippen molar-refractivity contribution in [3.63, 3.8) is 0 Å². The number of fused-ring (bicyclic) bond motifs is 1.